The predicted molar refractivity (Wildman–Crippen MR) is 46.4 cm³/mol. The Bertz CT molecular complexity index is 106. The van der Waals surface area contributed by atoms with E-state index in [4.69, 9.17) is 5.73 Å². The van der Waals surface area contributed by atoms with Crippen molar-refractivity contribution in [3.05, 3.63) is 0 Å². The highest BCUT2D eigenvalue weighted by Gasteiger charge is 2.10. The molecule has 2 N–H and O–H groups in total. The van der Waals surface area contributed by atoms with Crippen LogP contribution in [0.1, 0.15) is 26.7 Å². The van der Waals surface area contributed by atoms with Crippen LogP contribution in [0, 0.1) is 0 Å². The normalized spacial score (nSPS) is 16.7. The van der Waals surface area contributed by atoms with Gasteiger partial charge in [0.25, 0.3) is 0 Å². The lowest BCUT2D eigenvalue weighted by Gasteiger charge is -2.10. The van der Waals surface area contributed by atoms with E-state index in [9.17, 15) is 4.21 Å². The van der Waals surface area contributed by atoms with Crippen molar-refractivity contribution in [2.75, 3.05) is 12.3 Å². The van der Waals surface area contributed by atoms with Crippen molar-refractivity contribution in [1.29, 1.82) is 0 Å². The van der Waals surface area contributed by atoms with Gasteiger partial charge in [-0.1, -0.05) is 13.8 Å². The van der Waals surface area contributed by atoms with Gasteiger partial charge in [0, 0.05) is 21.8 Å². The third-order valence-corrected chi connectivity index (χ3v) is 3.48. The van der Waals surface area contributed by atoms with Gasteiger partial charge in [0.1, 0.15) is 0 Å². The van der Waals surface area contributed by atoms with Crippen LogP contribution in [0.4, 0.5) is 0 Å². The Hall–Kier alpha value is 0.110. The van der Waals surface area contributed by atoms with Crippen LogP contribution in [0.15, 0.2) is 0 Å². The Balaban J connectivity index is 3.68. The zero-order valence-corrected chi connectivity index (χ0v) is 7.62. The van der Waals surface area contributed by atoms with Crippen LogP contribution in [0.2, 0.25) is 0 Å². The van der Waals surface area contributed by atoms with E-state index in [0.29, 0.717) is 11.8 Å². The maximum Gasteiger partial charge on any atom is 0.0357 e. The lowest BCUT2D eigenvalue weighted by atomic mass is 10.2. The van der Waals surface area contributed by atoms with Crippen LogP contribution in [0.25, 0.3) is 0 Å². The van der Waals surface area contributed by atoms with Gasteiger partial charge in [0.05, 0.1) is 0 Å². The maximum atomic E-state index is 11.2. The van der Waals surface area contributed by atoms with E-state index >= 15 is 0 Å². The second-order valence-corrected chi connectivity index (χ2v) is 4.28. The minimum Gasteiger partial charge on any atom is -0.330 e. The minimum absolute atomic E-state index is 0.329. The quantitative estimate of drug-likeness (QED) is 0.654. The summed E-state index contributed by atoms with van der Waals surface area (Å²) in [6.07, 6.45) is 1.88. The average molecular weight is 163 g/mol. The predicted octanol–water partition coefficient (Wildman–Crippen LogP) is 0.882. The van der Waals surface area contributed by atoms with E-state index in [2.05, 4.69) is 6.92 Å². The van der Waals surface area contributed by atoms with E-state index < -0.39 is 10.8 Å². The largest absolute Gasteiger partial charge is 0.330 e. The molecule has 0 bridgehead atoms. The molecule has 0 aliphatic rings. The number of hydrogen-bond acceptors (Lipinski definition) is 2. The molecule has 0 aliphatic heterocycles. The summed E-state index contributed by atoms with van der Waals surface area (Å²) in [5, 5.41) is 0.329. The molecular formula is C7H17NOS. The molecule has 0 aromatic rings. The fraction of sp³-hybridized carbons (Fsp3) is 1.00. The van der Waals surface area contributed by atoms with Gasteiger partial charge in [-0.3, -0.25) is 4.21 Å². The Morgan fingerprint density at radius 2 is 2.10 bits per heavy atom. The van der Waals surface area contributed by atoms with Crippen molar-refractivity contribution in [2.24, 2.45) is 5.73 Å². The second-order valence-electron chi connectivity index (χ2n) is 2.28. The molecular weight excluding hydrogens is 146 g/mol. The van der Waals surface area contributed by atoms with Gasteiger partial charge >= 0.3 is 0 Å². The zero-order valence-electron chi connectivity index (χ0n) is 6.80. The lowest BCUT2D eigenvalue weighted by molar-refractivity contribution is 0.651. The minimum atomic E-state index is -0.645. The zero-order chi connectivity index (χ0) is 7.98. The summed E-state index contributed by atoms with van der Waals surface area (Å²) in [7, 11) is -0.645. The van der Waals surface area contributed by atoms with E-state index in [-0.39, 0.29) is 0 Å². The number of hydrogen-bond donors (Lipinski definition) is 1. The van der Waals surface area contributed by atoms with Crippen molar-refractivity contribution in [3.8, 4) is 0 Å². The smallest absolute Gasteiger partial charge is 0.0357 e. The van der Waals surface area contributed by atoms with Crippen molar-refractivity contribution in [2.45, 2.75) is 31.9 Å². The van der Waals surface area contributed by atoms with E-state index in [1.807, 2.05) is 6.92 Å². The third-order valence-electron chi connectivity index (χ3n) is 1.60. The van der Waals surface area contributed by atoms with Gasteiger partial charge in [0.15, 0.2) is 0 Å². The molecule has 3 heteroatoms. The molecule has 0 saturated heterocycles. The molecule has 2 nitrogen and oxygen atoms in total. The van der Waals surface area contributed by atoms with E-state index in [1.165, 1.54) is 0 Å². The Morgan fingerprint density at radius 1 is 1.50 bits per heavy atom. The fourth-order valence-corrected chi connectivity index (χ4v) is 2.19. The summed E-state index contributed by atoms with van der Waals surface area (Å²) in [4.78, 5) is 0. The molecule has 62 valence electrons. The van der Waals surface area contributed by atoms with Crippen molar-refractivity contribution in [3.63, 3.8) is 0 Å². The van der Waals surface area contributed by atoms with Gasteiger partial charge in [0.2, 0.25) is 0 Å². The molecule has 0 amide bonds. The van der Waals surface area contributed by atoms with Crippen LogP contribution < -0.4 is 5.73 Å². The first kappa shape index (κ1) is 10.1. The number of nitrogens with two attached hydrogens (primary N) is 1. The van der Waals surface area contributed by atoms with Gasteiger partial charge < -0.3 is 5.73 Å². The summed E-state index contributed by atoms with van der Waals surface area (Å²) in [6.45, 7) is 4.67. The van der Waals surface area contributed by atoms with E-state index in [0.717, 1.165) is 18.6 Å². The monoisotopic (exact) mass is 163 g/mol. The summed E-state index contributed by atoms with van der Waals surface area (Å²) in [6, 6.07) is 0. The SMILES string of the molecule is CCC(CCN)S(=O)CC. The average Bonchev–Trinajstić information content (AvgIpc) is 1.99. The van der Waals surface area contributed by atoms with Crippen LogP contribution in [0.5, 0.6) is 0 Å². The first-order valence-electron chi connectivity index (χ1n) is 3.83. The molecule has 0 aromatic carbocycles. The van der Waals surface area contributed by atoms with Gasteiger partial charge in [-0.05, 0) is 19.4 Å². The van der Waals surface area contributed by atoms with Gasteiger partial charge in [-0.15, -0.1) is 0 Å². The molecule has 2 atom stereocenters. The third kappa shape index (κ3) is 3.32. The standard InChI is InChI=1S/C7H17NOS/c1-3-7(5-6-8)10(9)4-2/h7H,3-6,8H2,1-2H3. The highest BCUT2D eigenvalue weighted by Crippen LogP contribution is 2.05. The summed E-state index contributed by atoms with van der Waals surface area (Å²) >= 11 is 0. The summed E-state index contributed by atoms with van der Waals surface area (Å²) < 4.78 is 11.2. The first-order valence-corrected chi connectivity index (χ1v) is 5.21. The molecule has 0 radical (unpaired) electrons. The van der Waals surface area contributed by atoms with Crippen LogP contribution >= 0.6 is 0 Å². The Labute approximate surface area is 65.6 Å². The van der Waals surface area contributed by atoms with Gasteiger partial charge in [-0.25, -0.2) is 0 Å². The first-order chi connectivity index (χ1) is 4.76. The molecule has 0 saturated carbocycles. The maximum absolute atomic E-state index is 11.2. The lowest BCUT2D eigenvalue weighted by Crippen LogP contribution is -2.19. The molecule has 0 rings (SSSR count). The molecule has 0 fully saturated rings. The Kier molecular flexibility index (Phi) is 5.93. The van der Waals surface area contributed by atoms with Crippen molar-refractivity contribution < 1.29 is 4.21 Å². The van der Waals surface area contributed by atoms with Gasteiger partial charge in [-0.2, -0.15) is 0 Å². The van der Waals surface area contributed by atoms with Crippen LogP contribution in [-0.4, -0.2) is 21.8 Å². The topological polar surface area (TPSA) is 43.1 Å². The Morgan fingerprint density at radius 3 is 2.40 bits per heavy atom. The highest BCUT2D eigenvalue weighted by molar-refractivity contribution is 7.85. The molecule has 0 spiro atoms. The summed E-state index contributed by atoms with van der Waals surface area (Å²) in [5.74, 6) is 0.762. The van der Waals surface area contributed by atoms with Crippen LogP contribution in [-0.2, 0) is 10.8 Å². The summed E-state index contributed by atoms with van der Waals surface area (Å²) in [5.41, 5.74) is 5.36. The molecule has 10 heavy (non-hydrogen) atoms. The molecule has 2 unspecified atom stereocenters. The van der Waals surface area contributed by atoms with Crippen molar-refractivity contribution in [1.82, 2.24) is 0 Å². The van der Waals surface area contributed by atoms with Crippen LogP contribution in [0.3, 0.4) is 0 Å². The molecule has 0 heterocycles. The second kappa shape index (κ2) is 5.86. The van der Waals surface area contributed by atoms with Crippen molar-refractivity contribution >= 4 is 10.8 Å². The fourth-order valence-electron chi connectivity index (χ4n) is 0.943. The molecule has 0 aromatic heterocycles. The highest BCUT2D eigenvalue weighted by atomic mass is 32.2. The van der Waals surface area contributed by atoms with E-state index in [1.54, 1.807) is 0 Å². The number of rotatable bonds is 5. The molecule has 0 aliphatic carbocycles.